The molecule has 0 aliphatic carbocycles. The summed E-state index contributed by atoms with van der Waals surface area (Å²) in [6, 6.07) is 10.6. The lowest BCUT2D eigenvalue weighted by atomic mass is 9.98. The fourth-order valence-electron chi connectivity index (χ4n) is 4.45. The van der Waals surface area contributed by atoms with Crippen LogP contribution in [0, 0.1) is 0 Å². The number of hydrogen-bond acceptors (Lipinski definition) is 8. The molecule has 5 heterocycles. The highest BCUT2D eigenvalue weighted by Gasteiger charge is 2.30. The molecule has 0 amide bonds. The molecule has 4 aromatic heterocycles. The zero-order valence-electron chi connectivity index (χ0n) is 17.6. The molecule has 0 saturated carbocycles. The number of hydrogen-bond donors (Lipinski definition) is 2. The second kappa shape index (κ2) is 7.56. The Morgan fingerprint density at radius 1 is 1.16 bits per heavy atom. The predicted molar refractivity (Wildman–Crippen MR) is 121 cm³/mol. The topological polar surface area (TPSA) is 113 Å². The standard InChI is InChI=1S/C22H22N10/c1-2-15-9-19(32-22(29-15)26-13-28-32)23-8-7-14-11-31(18-6-4-3-5-16(14)18)21-17-10-27-30-20(17)24-12-25-21/h3-6,9-10,12-14,23H,2,7-8,11H2,1H3,(H,24,25,27,30). The molecule has 160 valence electrons. The second-order valence-corrected chi connectivity index (χ2v) is 7.87. The maximum absolute atomic E-state index is 4.58. The maximum Gasteiger partial charge on any atom is 0.254 e. The van der Waals surface area contributed by atoms with Crippen molar-refractivity contribution in [2.24, 2.45) is 0 Å². The first kappa shape index (κ1) is 18.7. The van der Waals surface area contributed by atoms with Gasteiger partial charge in [-0.15, -0.1) is 0 Å². The normalized spacial score (nSPS) is 15.5. The first-order valence-electron chi connectivity index (χ1n) is 10.8. The highest BCUT2D eigenvalue weighted by molar-refractivity contribution is 5.90. The summed E-state index contributed by atoms with van der Waals surface area (Å²) >= 11 is 0. The molecule has 0 radical (unpaired) electrons. The monoisotopic (exact) mass is 426 g/mol. The molecule has 10 nitrogen and oxygen atoms in total. The van der Waals surface area contributed by atoms with Crippen molar-refractivity contribution in [3.8, 4) is 0 Å². The molecule has 2 N–H and O–H groups in total. The summed E-state index contributed by atoms with van der Waals surface area (Å²) in [4.78, 5) is 19.9. The molecular formula is C22H22N10. The van der Waals surface area contributed by atoms with Gasteiger partial charge in [-0.05, 0) is 24.5 Å². The first-order chi connectivity index (χ1) is 15.8. The number of aryl methyl sites for hydroxylation is 1. The van der Waals surface area contributed by atoms with Gasteiger partial charge in [0.1, 0.15) is 24.3 Å². The van der Waals surface area contributed by atoms with Gasteiger partial charge in [-0.1, -0.05) is 25.1 Å². The molecule has 32 heavy (non-hydrogen) atoms. The number of anilines is 3. The highest BCUT2D eigenvalue weighted by atomic mass is 15.4. The van der Waals surface area contributed by atoms with E-state index in [-0.39, 0.29) is 0 Å². The number of aromatic nitrogens is 8. The number of para-hydroxylation sites is 1. The first-order valence-corrected chi connectivity index (χ1v) is 10.8. The Hall–Kier alpha value is -4.08. The molecule has 5 aromatic rings. The molecule has 10 heteroatoms. The Morgan fingerprint density at radius 3 is 3.03 bits per heavy atom. The molecule has 1 atom stereocenters. The van der Waals surface area contributed by atoms with E-state index in [0.717, 1.165) is 54.3 Å². The van der Waals surface area contributed by atoms with E-state index in [1.807, 2.05) is 6.07 Å². The number of aromatic amines is 1. The summed E-state index contributed by atoms with van der Waals surface area (Å²) in [6.45, 7) is 3.75. The van der Waals surface area contributed by atoms with E-state index in [2.05, 4.69) is 76.6 Å². The van der Waals surface area contributed by atoms with Gasteiger partial charge in [0.05, 0.1) is 11.6 Å². The van der Waals surface area contributed by atoms with Crippen LogP contribution in [0.15, 0.2) is 49.2 Å². The zero-order valence-corrected chi connectivity index (χ0v) is 17.6. The van der Waals surface area contributed by atoms with E-state index < -0.39 is 0 Å². The van der Waals surface area contributed by atoms with Crippen molar-refractivity contribution in [2.75, 3.05) is 23.3 Å². The Bertz CT molecular complexity index is 1400. The third-order valence-electron chi connectivity index (χ3n) is 6.02. The van der Waals surface area contributed by atoms with E-state index in [9.17, 15) is 0 Å². The SMILES string of the molecule is CCc1cc(NCCC2CN(c3ncnc4[nH]ncc34)c3ccccc32)n2ncnc2n1. The average Bonchev–Trinajstić information content (AvgIpc) is 3.57. The number of nitrogens with zero attached hydrogens (tertiary/aromatic N) is 8. The maximum atomic E-state index is 4.58. The minimum atomic E-state index is 0.370. The third-order valence-corrected chi connectivity index (χ3v) is 6.02. The predicted octanol–water partition coefficient (Wildman–Crippen LogP) is 3.09. The third kappa shape index (κ3) is 3.03. The minimum Gasteiger partial charge on any atom is -0.370 e. The number of nitrogens with one attached hydrogen (secondary N) is 2. The molecule has 0 fully saturated rings. The number of fused-ring (bicyclic) bond motifs is 3. The van der Waals surface area contributed by atoms with Crippen molar-refractivity contribution in [1.29, 1.82) is 0 Å². The molecular weight excluding hydrogens is 404 g/mol. The summed E-state index contributed by atoms with van der Waals surface area (Å²) in [5, 5.41) is 15.9. The molecule has 0 saturated heterocycles. The van der Waals surface area contributed by atoms with Crippen molar-refractivity contribution >= 4 is 34.1 Å². The summed E-state index contributed by atoms with van der Waals surface area (Å²) < 4.78 is 1.75. The van der Waals surface area contributed by atoms with Crippen LogP contribution in [0.1, 0.15) is 30.5 Å². The van der Waals surface area contributed by atoms with Crippen LogP contribution in [-0.4, -0.2) is 52.8 Å². The van der Waals surface area contributed by atoms with Gasteiger partial charge in [-0.3, -0.25) is 5.10 Å². The molecule has 6 rings (SSSR count). The summed E-state index contributed by atoms with van der Waals surface area (Å²) in [7, 11) is 0. The van der Waals surface area contributed by atoms with Crippen LogP contribution >= 0.6 is 0 Å². The highest BCUT2D eigenvalue weighted by Crippen LogP contribution is 2.42. The van der Waals surface area contributed by atoms with Crippen molar-refractivity contribution < 1.29 is 0 Å². The van der Waals surface area contributed by atoms with E-state index >= 15 is 0 Å². The zero-order chi connectivity index (χ0) is 21.5. The molecule has 1 unspecified atom stereocenters. The van der Waals surface area contributed by atoms with E-state index in [0.29, 0.717) is 11.7 Å². The van der Waals surface area contributed by atoms with Gasteiger partial charge in [0.15, 0.2) is 5.65 Å². The molecule has 0 bridgehead atoms. The summed E-state index contributed by atoms with van der Waals surface area (Å²) in [5.41, 5.74) is 4.27. The van der Waals surface area contributed by atoms with Gasteiger partial charge in [0, 0.05) is 36.5 Å². The number of benzene rings is 1. The van der Waals surface area contributed by atoms with Crippen molar-refractivity contribution in [3.63, 3.8) is 0 Å². The van der Waals surface area contributed by atoms with Gasteiger partial charge in [-0.2, -0.15) is 19.7 Å². The number of rotatable bonds is 6. The van der Waals surface area contributed by atoms with Crippen LogP contribution in [0.25, 0.3) is 16.8 Å². The fraction of sp³-hybridized carbons (Fsp3) is 0.273. The van der Waals surface area contributed by atoms with Crippen LogP contribution in [0.3, 0.4) is 0 Å². The van der Waals surface area contributed by atoms with Crippen LogP contribution in [0.4, 0.5) is 17.3 Å². The lowest BCUT2D eigenvalue weighted by molar-refractivity contribution is 0.678. The Labute approximate surface area is 183 Å². The Balaban J connectivity index is 1.25. The fourth-order valence-corrected chi connectivity index (χ4v) is 4.45. The van der Waals surface area contributed by atoms with Crippen LogP contribution in [0.2, 0.25) is 0 Å². The van der Waals surface area contributed by atoms with Gasteiger partial charge >= 0.3 is 0 Å². The lowest BCUT2D eigenvalue weighted by Gasteiger charge is -2.19. The Morgan fingerprint density at radius 2 is 2.09 bits per heavy atom. The van der Waals surface area contributed by atoms with Crippen LogP contribution in [0.5, 0.6) is 0 Å². The second-order valence-electron chi connectivity index (χ2n) is 7.87. The number of H-pyrrole nitrogens is 1. The summed E-state index contributed by atoms with van der Waals surface area (Å²) in [5.74, 6) is 2.80. The van der Waals surface area contributed by atoms with Gasteiger partial charge in [0.2, 0.25) is 0 Å². The van der Waals surface area contributed by atoms with Crippen molar-refractivity contribution in [3.05, 3.63) is 60.4 Å². The molecule has 1 aliphatic heterocycles. The smallest absolute Gasteiger partial charge is 0.254 e. The molecule has 1 aliphatic rings. The van der Waals surface area contributed by atoms with Crippen molar-refractivity contribution in [2.45, 2.75) is 25.7 Å². The quantitative estimate of drug-likeness (QED) is 0.426. The van der Waals surface area contributed by atoms with Crippen molar-refractivity contribution in [1.82, 2.24) is 39.7 Å². The van der Waals surface area contributed by atoms with Crippen LogP contribution < -0.4 is 10.2 Å². The average molecular weight is 426 g/mol. The van der Waals surface area contributed by atoms with Gasteiger partial charge in [-0.25, -0.2) is 15.0 Å². The van der Waals surface area contributed by atoms with Gasteiger partial charge in [0.25, 0.3) is 5.78 Å². The Kier molecular flexibility index (Phi) is 4.41. The van der Waals surface area contributed by atoms with E-state index in [1.165, 1.54) is 17.6 Å². The molecule has 1 aromatic carbocycles. The minimum absolute atomic E-state index is 0.370. The molecule has 0 spiro atoms. The van der Waals surface area contributed by atoms with Gasteiger partial charge < -0.3 is 10.2 Å². The summed E-state index contributed by atoms with van der Waals surface area (Å²) in [6.07, 6.45) is 6.74. The lowest BCUT2D eigenvalue weighted by Crippen LogP contribution is -2.19. The van der Waals surface area contributed by atoms with E-state index in [1.54, 1.807) is 17.0 Å². The van der Waals surface area contributed by atoms with E-state index in [4.69, 9.17) is 0 Å². The largest absolute Gasteiger partial charge is 0.370 e. The van der Waals surface area contributed by atoms with Crippen LogP contribution in [-0.2, 0) is 6.42 Å².